The van der Waals surface area contributed by atoms with Gasteiger partial charge in [0.2, 0.25) is 0 Å². The fraction of sp³-hybridized carbons (Fsp3) is 1.00. The summed E-state index contributed by atoms with van der Waals surface area (Å²) >= 11 is 12.6. The summed E-state index contributed by atoms with van der Waals surface area (Å²) < 4.78 is 28.2. The summed E-state index contributed by atoms with van der Waals surface area (Å²) in [5, 5.41) is 0. The maximum absolute atomic E-state index is 12.2. The van der Waals surface area contributed by atoms with Crippen molar-refractivity contribution in [3.8, 4) is 0 Å². The predicted molar refractivity (Wildman–Crippen MR) is 68.9 cm³/mol. The molecule has 0 N–H and O–H groups in total. The van der Waals surface area contributed by atoms with Crippen LogP contribution in [0.1, 0.15) is 20.8 Å². The molecule has 102 valence electrons. The standard InChI is InChI=1S/C12H16Cl2O3S/c1-11(2,3)18(15,16)17-10-7-4-5(7)6(4)8-9(10)12(8,13)14/h4-10H,1-3H3. The largest absolute Gasteiger partial charge is 0.272 e. The Morgan fingerprint density at radius 2 is 1.56 bits per heavy atom. The van der Waals surface area contributed by atoms with Gasteiger partial charge in [0.25, 0.3) is 10.1 Å². The van der Waals surface area contributed by atoms with Crippen LogP contribution in [0.3, 0.4) is 0 Å². The molecule has 5 unspecified atom stereocenters. The van der Waals surface area contributed by atoms with Gasteiger partial charge in [0.15, 0.2) is 0 Å². The van der Waals surface area contributed by atoms with E-state index in [0.29, 0.717) is 23.7 Å². The first-order valence-electron chi connectivity index (χ1n) is 6.40. The lowest BCUT2D eigenvalue weighted by molar-refractivity contribution is 0.0845. The Labute approximate surface area is 117 Å². The van der Waals surface area contributed by atoms with E-state index in [4.69, 9.17) is 27.4 Å². The van der Waals surface area contributed by atoms with E-state index >= 15 is 0 Å². The first-order valence-corrected chi connectivity index (χ1v) is 8.56. The van der Waals surface area contributed by atoms with Crippen molar-refractivity contribution in [2.24, 2.45) is 35.5 Å². The molecule has 0 aliphatic heterocycles. The summed E-state index contributed by atoms with van der Waals surface area (Å²) in [5.41, 5.74) is 0. The lowest BCUT2D eigenvalue weighted by atomic mass is 9.86. The Morgan fingerprint density at radius 1 is 1.00 bits per heavy atom. The van der Waals surface area contributed by atoms with Crippen LogP contribution in [0.5, 0.6) is 0 Å². The van der Waals surface area contributed by atoms with Gasteiger partial charge in [-0.1, -0.05) is 0 Å². The normalized spacial score (nSPS) is 54.4. The molecular formula is C12H16Cl2O3S. The van der Waals surface area contributed by atoms with E-state index in [2.05, 4.69) is 0 Å². The molecule has 4 fully saturated rings. The number of rotatable bonds is 2. The maximum atomic E-state index is 12.2. The van der Waals surface area contributed by atoms with Gasteiger partial charge in [0.1, 0.15) is 4.33 Å². The van der Waals surface area contributed by atoms with Crippen LogP contribution >= 0.6 is 23.2 Å². The molecule has 5 atom stereocenters. The Hall–Kier alpha value is 0.490. The van der Waals surface area contributed by atoms with Crippen molar-refractivity contribution in [2.45, 2.75) is 36.0 Å². The lowest BCUT2D eigenvalue weighted by Gasteiger charge is -2.30. The number of halogens is 2. The van der Waals surface area contributed by atoms with Gasteiger partial charge in [-0.3, -0.25) is 4.18 Å². The van der Waals surface area contributed by atoms with Crippen molar-refractivity contribution in [1.82, 2.24) is 0 Å². The minimum absolute atomic E-state index is 0.0166. The highest BCUT2D eigenvalue weighted by atomic mass is 35.5. The van der Waals surface area contributed by atoms with Crippen LogP contribution in [0.2, 0.25) is 0 Å². The van der Waals surface area contributed by atoms with Gasteiger partial charge in [0.05, 0.1) is 10.9 Å². The molecule has 3 nitrogen and oxygen atoms in total. The molecule has 0 heterocycles. The third kappa shape index (κ3) is 1.24. The third-order valence-electron chi connectivity index (χ3n) is 5.24. The molecule has 0 aromatic rings. The maximum Gasteiger partial charge on any atom is 0.272 e. The zero-order chi connectivity index (χ0) is 13.2. The summed E-state index contributed by atoms with van der Waals surface area (Å²) in [6.45, 7) is 4.96. The van der Waals surface area contributed by atoms with E-state index in [-0.39, 0.29) is 17.9 Å². The highest BCUT2D eigenvalue weighted by Crippen LogP contribution is 2.90. The fourth-order valence-electron chi connectivity index (χ4n) is 4.00. The Balaban J connectivity index is 1.60. The van der Waals surface area contributed by atoms with Gasteiger partial charge in [0, 0.05) is 11.8 Å². The second-order valence-electron chi connectivity index (χ2n) is 7.16. The average molecular weight is 311 g/mol. The molecule has 0 aromatic carbocycles. The number of hydrogen-bond donors (Lipinski definition) is 0. The highest BCUT2D eigenvalue weighted by Gasteiger charge is 2.92. The second kappa shape index (κ2) is 2.90. The van der Waals surface area contributed by atoms with Gasteiger partial charge >= 0.3 is 0 Å². The van der Waals surface area contributed by atoms with E-state index < -0.39 is 19.2 Å². The quantitative estimate of drug-likeness (QED) is 0.581. The molecule has 0 radical (unpaired) electrons. The van der Waals surface area contributed by atoms with E-state index in [9.17, 15) is 8.42 Å². The molecule has 0 saturated heterocycles. The Morgan fingerprint density at radius 3 is 2.06 bits per heavy atom. The van der Waals surface area contributed by atoms with Crippen LogP contribution in [-0.4, -0.2) is 23.6 Å². The molecule has 6 heteroatoms. The molecule has 18 heavy (non-hydrogen) atoms. The third-order valence-corrected chi connectivity index (χ3v) is 8.23. The van der Waals surface area contributed by atoms with Crippen molar-refractivity contribution in [3.05, 3.63) is 0 Å². The SMILES string of the molecule is CC(C)(C)S(=O)(=O)OC1C2C3C2C3C2C1C2(Cl)Cl. The minimum atomic E-state index is -3.57. The van der Waals surface area contributed by atoms with Crippen LogP contribution in [0.25, 0.3) is 0 Å². The Kier molecular flexibility index (Phi) is 1.97. The summed E-state index contributed by atoms with van der Waals surface area (Å²) in [6.07, 6.45) is -0.283. The molecule has 4 aliphatic carbocycles. The van der Waals surface area contributed by atoms with Crippen molar-refractivity contribution >= 4 is 33.3 Å². The van der Waals surface area contributed by atoms with Gasteiger partial charge in [-0.25, -0.2) is 0 Å². The molecule has 0 spiro atoms. The average Bonchev–Trinajstić information content (AvgIpc) is 3.02. The van der Waals surface area contributed by atoms with E-state index in [1.165, 1.54) is 0 Å². The molecule has 0 aromatic heterocycles. The fourth-order valence-corrected chi connectivity index (χ4v) is 5.79. The second-order valence-corrected chi connectivity index (χ2v) is 10.9. The van der Waals surface area contributed by atoms with E-state index in [1.807, 2.05) is 0 Å². The zero-order valence-corrected chi connectivity index (χ0v) is 12.8. The summed E-state index contributed by atoms with van der Waals surface area (Å²) in [7, 11) is -3.57. The first kappa shape index (κ1) is 12.2. The monoisotopic (exact) mass is 310 g/mol. The summed E-state index contributed by atoms with van der Waals surface area (Å²) in [6, 6.07) is 0. The van der Waals surface area contributed by atoms with Crippen LogP contribution in [-0.2, 0) is 14.3 Å². The van der Waals surface area contributed by atoms with Crippen LogP contribution in [0.15, 0.2) is 0 Å². The van der Waals surface area contributed by atoms with E-state index in [1.54, 1.807) is 20.8 Å². The predicted octanol–water partition coefficient (Wildman–Crippen LogP) is 2.43. The van der Waals surface area contributed by atoms with Gasteiger partial charge in [-0.2, -0.15) is 8.42 Å². The van der Waals surface area contributed by atoms with Crippen LogP contribution < -0.4 is 0 Å². The smallest absolute Gasteiger partial charge is 0.266 e. The molecule has 4 saturated carbocycles. The number of hydrogen-bond acceptors (Lipinski definition) is 3. The number of fused-ring (bicyclic) bond motifs is 4. The number of alkyl halides is 2. The van der Waals surface area contributed by atoms with Crippen LogP contribution in [0.4, 0.5) is 0 Å². The Bertz CT molecular complexity index is 526. The molecule has 4 aliphatic rings. The minimum Gasteiger partial charge on any atom is -0.266 e. The molecular weight excluding hydrogens is 295 g/mol. The van der Waals surface area contributed by atoms with Gasteiger partial charge in [-0.15, -0.1) is 23.2 Å². The lowest BCUT2D eigenvalue weighted by Crippen LogP contribution is -2.39. The van der Waals surface area contributed by atoms with Crippen molar-refractivity contribution in [2.75, 3.05) is 0 Å². The van der Waals surface area contributed by atoms with Crippen molar-refractivity contribution in [3.63, 3.8) is 0 Å². The van der Waals surface area contributed by atoms with Crippen molar-refractivity contribution in [1.29, 1.82) is 0 Å². The zero-order valence-electron chi connectivity index (χ0n) is 10.4. The van der Waals surface area contributed by atoms with Crippen LogP contribution in [0, 0.1) is 35.5 Å². The highest BCUT2D eigenvalue weighted by molar-refractivity contribution is 7.88. The molecule has 0 bridgehead atoms. The van der Waals surface area contributed by atoms with E-state index in [0.717, 1.165) is 0 Å². The van der Waals surface area contributed by atoms with Gasteiger partial charge < -0.3 is 0 Å². The summed E-state index contributed by atoms with van der Waals surface area (Å²) in [5.74, 6) is 2.63. The van der Waals surface area contributed by atoms with Crippen molar-refractivity contribution < 1.29 is 12.6 Å². The first-order chi connectivity index (χ1) is 8.09. The molecule has 0 amide bonds. The topological polar surface area (TPSA) is 43.4 Å². The van der Waals surface area contributed by atoms with Gasteiger partial charge in [-0.05, 0) is 44.4 Å². The summed E-state index contributed by atoms with van der Waals surface area (Å²) in [4.78, 5) is 0. The molecule has 4 rings (SSSR count).